The van der Waals surface area contributed by atoms with Crippen LogP contribution in [-0.4, -0.2) is 19.2 Å². The summed E-state index contributed by atoms with van der Waals surface area (Å²) in [6, 6.07) is 3.01. The summed E-state index contributed by atoms with van der Waals surface area (Å²) in [4.78, 5) is 21.1. The van der Waals surface area contributed by atoms with Gasteiger partial charge in [-0.1, -0.05) is 25.4 Å². The average Bonchev–Trinajstić information content (AvgIpc) is 2.36. The summed E-state index contributed by atoms with van der Waals surface area (Å²) in [6.45, 7) is 3.32. The van der Waals surface area contributed by atoms with Crippen molar-refractivity contribution >= 4 is 33.2 Å². The molecule has 1 aromatic carbocycles. The van der Waals surface area contributed by atoms with Crippen molar-refractivity contribution in [1.82, 2.24) is 4.72 Å². The monoisotopic (exact) mass is 320 g/mol. The van der Waals surface area contributed by atoms with Gasteiger partial charge in [-0.05, 0) is 18.6 Å². The molecular formula is C11H13ClN2O5S. The zero-order valence-electron chi connectivity index (χ0n) is 10.8. The Kier molecular flexibility index (Phi) is 5.07. The second-order valence-electron chi connectivity index (χ2n) is 4.15. The number of nitro groups is 1. The lowest BCUT2D eigenvalue weighted by atomic mass is 10.1. The van der Waals surface area contributed by atoms with Gasteiger partial charge in [-0.15, -0.1) is 0 Å². The number of carbonyl (C=O) groups excluding carboxylic acids is 1. The molecule has 0 aliphatic heterocycles. The van der Waals surface area contributed by atoms with Gasteiger partial charge in [0.15, 0.2) is 0 Å². The molecule has 0 heterocycles. The van der Waals surface area contributed by atoms with E-state index in [0.29, 0.717) is 6.42 Å². The lowest BCUT2D eigenvalue weighted by Crippen LogP contribution is -2.34. The van der Waals surface area contributed by atoms with E-state index in [0.717, 1.165) is 18.2 Å². The number of rotatable bonds is 5. The van der Waals surface area contributed by atoms with E-state index in [-0.39, 0.29) is 9.92 Å². The molecular weight excluding hydrogens is 308 g/mol. The van der Waals surface area contributed by atoms with Crippen molar-refractivity contribution < 1.29 is 18.1 Å². The van der Waals surface area contributed by atoms with Gasteiger partial charge in [0.2, 0.25) is 5.91 Å². The van der Waals surface area contributed by atoms with Crippen LogP contribution in [0.4, 0.5) is 5.69 Å². The molecule has 1 N–H and O–H groups in total. The van der Waals surface area contributed by atoms with Crippen molar-refractivity contribution in [2.24, 2.45) is 5.92 Å². The van der Waals surface area contributed by atoms with Crippen LogP contribution in [0.1, 0.15) is 20.3 Å². The van der Waals surface area contributed by atoms with E-state index in [2.05, 4.69) is 0 Å². The molecule has 0 saturated heterocycles. The number of hydrogen-bond donors (Lipinski definition) is 1. The molecule has 0 fully saturated rings. The van der Waals surface area contributed by atoms with E-state index in [1.54, 1.807) is 13.8 Å². The van der Waals surface area contributed by atoms with E-state index in [1.165, 1.54) is 0 Å². The summed E-state index contributed by atoms with van der Waals surface area (Å²) in [7, 11) is -4.15. The smallest absolute Gasteiger partial charge is 0.274 e. The van der Waals surface area contributed by atoms with Crippen LogP contribution in [0.25, 0.3) is 0 Å². The Labute approximate surface area is 121 Å². The Morgan fingerprint density at radius 2 is 2.10 bits per heavy atom. The van der Waals surface area contributed by atoms with Crippen LogP contribution in [-0.2, 0) is 14.8 Å². The highest BCUT2D eigenvalue weighted by Crippen LogP contribution is 2.27. The highest BCUT2D eigenvalue weighted by atomic mass is 35.5. The van der Waals surface area contributed by atoms with Gasteiger partial charge in [0.25, 0.3) is 15.7 Å². The van der Waals surface area contributed by atoms with Crippen LogP contribution in [0.3, 0.4) is 0 Å². The molecule has 110 valence electrons. The van der Waals surface area contributed by atoms with Crippen LogP contribution in [0.2, 0.25) is 5.02 Å². The summed E-state index contributed by atoms with van der Waals surface area (Å²) in [5, 5.41) is 10.5. The van der Waals surface area contributed by atoms with Crippen LogP contribution >= 0.6 is 11.6 Å². The largest absolute Gasteiger partial charge is 0.289 e. The molecule has 0 spiro atoms. The summed E-state index contributed by atoms with van der Waals surface area (Å²) in [5.74, 6) is -1.14. The van der Waals surface area contributed by atoms with Gasteiger partial charge >= 0.3 is 0 Å². The first-order chi connectivity index (χ1) is 9.19. The van der Waals surface area contributed by atoms with E-state index in [9.17, 15) is 23.3 Å². The molecule has 0 aromatic heterocycles. The second-order valence-corrected chi connectivity index (χ2v) is 6.24. The zero-order valence-corrected chi connectivity index (χ0v) is 12.4. The van der Waals surface area contributed by atoms with Crippen LogP contribution in [0.15, 0.2) is 23.1 Å². The molecule has 7 nitrogen and oxygen atoms in total. The Morgan fingerprint density at radius 3 is 2.60 bits per heavy atom. The molecule has 9 heteroatoms. The minimum atomic E-state index is -4.15. The third-order valence-electron chi connectivity index (χ3n) is 2.72. The molecule has 20 heavy (non-hydrogen) atoms. The van der Waals surface area contributed by atoms with Gasteiger partial charge < -0.3 is 0 Å². The number of sulfonamides is 1. The highest BCUT2D eigenvalue weighted by molar-refractivity contribution is 7.90. The first-order valence-corrected chi connectivity index (χ1v) is 7.55. The Hall–Kier alpha value is -1.67. The Bertz CT molecular complexity index is 644. The number of nitrogens with zero attached hydrogens (tertiary/aromatic N) is 1. The Morgan fingerprint density at radius 1 is 1.50 bits per heavy atom. The van der Waals surface area contributed by atoms with Gasteiger partial charge in [0.05, 0.1) is 9.82 Å². The van der Waals surface area contributed by atoms with Gasteiger partial charge in [-0.2, -0.15) is 0 Å². The SMILES string of the molecule is CC[C@@H](C)C(=O)NS(=O)(=O)c1ccc(Cl)c([N+](=O)[O-])c1. The minimum absolute atomic E-state index is 0.179. The highest BCUT2D eigenvalue weighted by Gasteiger charge is 2.24. The number of carbonyl (C=O) groups is 1. The van der Waals surface area contributed by atoms with Gasteiger partial charge in [0.1, 0.15) is 5.02 Å². The number of amides is 1. The predicted molar refractivity (Wildman–Crippen MR) is 72.9 cm³/mol. The number of hydrogen-bond acceptors (Lipinski definition) is 5. The standard InChI is InChI=1S/C11H13ClN2O5S/c1-3-7(2)11(15)13-20(18,19)8-4-5-9(12)10(6-8)14(16)17/h4-7H,3H2,1-2H3,(H,13,15)/t7-/m1/s1. The van der Waals surface area contributed by atoms with Crippen LogP contribution < -0.4 is 4.72 Å². The van der Waals surface area contributed by atoms with Crippen molar-refractivity contribution in [1.29, 1.82) is 0 Å². The number of halogens is 1. The molecule has 1 atom stereocenters. The normalized spacial score (nSPS) is 12.8. The van der Waals surface area contributed by atoms with E-state index >= 15 is 0 Å². The maximum atomic E-state index is 12.0. The van der Waals surface area contributed by atoms with Crippen molar-refractivity contribution in [2.75, 3.05) is 0 Å². The molecule has 0 saturated carbocycles. The van der Waals surface area contributed by atoms with Crippen molar-refractivity contribution in [2.45, 2.75) is 25.2 Å². The third kappa shape index (κ3) is 3.67. The summed E-state index contributed by atoms with van der Waals surface area (Å²) >= 11 is 5.60. The number of benzene rings is 1. The lowest BCUT2D eigenvalue weighted by molar-refractivity contribution is -0.384. The lowest BCUT2D eigenvalue weighted by Gasteiger charge is -2.10. The van der Waals surface area contributed by atoms with Gasteiger partial charge in [-0.25, -0.2) is 13.1 Å². The summed E-state index contributed by atoms with van der Waals surface area (Å²) in [5.41, 5.74) is -0.537. The van der Waals surface area contributed by atoms with E-state index < -0.39 is 32.5 Å². The van der Waals surface area contributed by atoms with Crippen molar-refractivity contribution in [3.05, 3.63) is 33.3 Å². The molecule has 0 aliphatic carbocycles. The quantitative estimate of drug-likeness (QED) is 0.660. The fourth-order valence-electron chi connectivity index (χ4n) is 1.28. The zero-order chi connectivity index (χ0) is 15.5. The van der Waals surface area contributed by atoms with Gasteiger partial charge in [0, 0.05) is 12.0 Å². The Balaban J connectivity index is 3.14. The van der Waals surface area contributed by atoms with Crippen LogP contribution in [0.5, 0.6) is 0 Å². The van der Waals surface area contributed by atoms with Crippen LogP contribution in [0, 0.1) is 16.0 Å². The molecule has 1 rings (SSSR count). The fourth-order valence-corrected chi connectivity index (χ4v) is 2.56. The molecule has 1 amide bonds. The van der Waals surface area contributed by atoms with Gasteiger partial charge in [-0.3, -0.25) is 14.9 Å². The first-order valence-electron chi connectivity index (χ1n) is 5.69. The van der Waals surface area contributed by atoms with Crippen molar-refractivity contribution in [3.8, 4) is 0 Å². The number of nitro benzene ring substituents is 1. The van der Waals surface area contributed by atoms with E-state index in [4.69, 9.17) is 11.6 Å². The molecule has 0 radical (unpaired) electrons. The third-order valence-corrected chi connectivity index (χ3v) is 4.38. The predicted octanol–water partition coefficient (Wildman–Crippen LogP) is 2.10. The molecule has 1 aromatic rings. The summed E-state index contributed by atoms with van der Waals surface area (Å²) in [6.07, 6.45) is 0.474. The molecule has 0 unspecified atom stereocenters. The maximum absolute atomic E-state index is 12.0. The van der Waals surface area contributed by atoms with E-state index in [1.807, 2.05) is 4.72 Å². The topological polar surface area (TPSA) is 106 Å². The summed E-state index contributed by atoms with van der Waals surface area (Å²) < 4.78 is 25.8. The maximum Gasteiger partial charge on any atom is 0.289 e. The first kappa shape index (κ1) is 16.4. The average molecular weight is 321 g/mol. The minimum Gasteiger partial charge on any atom is -0.274 e. The molecule has 0 bridgehead atoms. The molecule has 0 aliphatic rings. The fraction of sp³-hybridized carbons (Fsp3) is 0.364. The number of nitrogens with one attached hydrogen (secondary N) is 1. The second kappa shape index (κ2) is 6.19. The van der Waals surface area contributed by atoms with Crippen molar-refractivity contribution in [3.63, 3.8) is 0 Å².